The van der Waals surface area contributed by atoms with Crippen molar-refractivity contribution in [3.63, 3.8) is 0 Å². The van der Waals surface area contributed by atoms with Crippen LogP contribution in [0.1, 0.15) is 44.3 Å². The molecule has 2 fully saturated rings. The fourth-order valence-electron chi connectivity index (χ4n) is 3.58. The molecule has 0 amide bonds. The van der Waals surface area contributed by atoms with Crippen LogP contribution < -0.4 is 4.90 Å². The SMILES string of the molecule is C[C@H](O)c1ccc(N2CCN(C3CCCC3)CC2)cc1. The highest BCUT2D eigenvalue weighted by atomic mass is 16.3. The molecule has 1 N–H and O–H groups in total. The predicted octanol–water partition coefficient (Wildman–Crippen LogP) is 2.80. The van der Waals surface area contributed by atoms with Crippen LogP contribution in [-0.4, -0.2) is 42.2 Å². The van der Waals surface area contributed by atoms with Crippen molar-refractivity contribution in [1.29, 1.82) is 0 Å². The summed E-state index contributed by atoms with van der Waals surface area (Å²) in [5, 5.41) is 9.56. The van der Waals surface area contributed by atoms with Crippen LogP contribution in [0.25, 0.3) is 0 Å². The first-order valence-electron chi connectivity index (χ1n) is 8.01. The van der Waals surface area contributed by atoms with E-state index in [2.05, 4.69) is 21.9 Å². The molecular formula is C17H26N2O. The van der Waals surface area contributed by atoms with Gasteiger partial charge in [0, 0.05) is 37.9 Å². The minimum absolute atomic E-state index is 0.372. The third kappa shape index (κ3) is 2.99. The molecule has 1 saturated carbocycles. The van der Waals surface area contributed by atoms with Crippen LogP contribution in [0.4, 0.5) is 5.69 Å². The fraction of sp³-hybridized carbons (Fsp3) is 0.647. The molecule has 1 heterocycles. The van der Waals surface area contributed by atoms with Gasteiger partial charge in [0.25, 0.3) is 0 Å². The summed E-state index contributed by atoms with van der Waals surface area (Å²) in [6.45, 7) is 6.47. The van der Waals surface area contributed by atoms with Gasteiger partial charge in [-0.2, -0.15) is 0 Å². The van der Waals surface area contributed by atoms with Crippen LogP contribution >= 0.6 is 0 Å². The molecule has 20 heavy (non-hydrogen) atoms. The molecule has 0 spiro atoms. The first-order valence-corrected chi connectivity index (χ1v) is 8.01. The van der Waals surface area contributed by atoms with E-state index in [4.69, 9.17) is 0 Å². The van der Waals surface area contributed by atoms with E-state index in [9.17, 15) is 5.11 Å². The number of hydrogen-bond donors (Lipinski definition) is 1. The van der Waals surface area contributed by atoms with E-state index in [1.807, 2.05) is 19.1 Å². The third-order valence-corrected chi connectivity index (χ3v) is 4.90. The second kappa shape index (κ2) is 6.15. The lowest BCUT2D eigenvalue weighted by molar-refractivity contribution is 0.187. The molecule has 0 radical (unpaired) electrons. The maximum atomic E-state index is 9.56. The molecule has 3 nitrogen and oxygen atoms in total. The number of aliphatic hydroxyl groups excluding tert-OH is 1. The van der Waals surface area contributed by atoms with Crippen LogP contribution in [0.5, 0.6) is 0 Å². The molecule has 3 heteroatoms. The van der Waals surface area contributed by atoms with Gasteiger partial charge >= 0.3 is 0 Å². The zero-order valence-electron chi connectivity index (χ0n) is 12.5. The van der Waals surface area contributed by atoms with E-state index in [1.54, 1.807) is 0 Å². The largest absolute Gasteiger partial charge is 0.389 e. The summed E-state index contributed by atoms with van der Waals surface area (Å²) in [7, 11) is 0. The Morgan fingerprint density at radius 3 is 2.15 bits per heavy atom. The molecule has 1 saturated heterocycles. The van der Waals surface area contributed by atoms with E-state index in [-0.39, 0.29) is 6.10 Å². The van der Waals surface area contributed by atoms with E-state index >= 15 is 0 Å². The molecule has 110 valence electrons. The average Bonchev–Trinajstić information content (AvgIpc) is 3.02. The molecule has 0 aromatic heterocycles. The lowest BCUT2D eigenvalue weighted by Gasteiger charge is -2.39. The summed E-state index contributed by atoms with van der Waals surface area (Å²) in [4.78, 5) is 5.16. The standard InChI is InChI=1S/C17H26N2O/c1-14(20)15-6-8-17(9-7-15)19-12-10-18(11-13-19)16-4-2-3-5-16/h6-9,14,16,20H,2-5,10-13H2,1H3/t14-/m0/s1. The third-order valence-electron chi connectivity index (χ3n) is 4.90. The van der Waals surface area contributed by atoms with Gasteiger partial charge in [0.05, 0.1) is 6.10 Å². The van der Waals surface area contributed by atoms with Crippen molar-refractivity contribution >= 4 is 5.69 Å². The number of nitrogens with zero attached hydrogens (tertiary/aromatic N) is 2. The molecule has 1 aromatic rings. The Labute approximate surface area is 122 Å². The highest BCUT2D eigenvalue weighted by Crippen LogP contribution is 2.26. The molecule has 3 rings (SSSR count). The van der Waals surface area contributed by atoms with Crippen LogP contribution in [0, 0.1) is 0 Å². The second-order valence-electron chi connectivity index (χ2n) is 6.23. The van der Waals surface area contributed by atoms with Crippen molar-refractivity contribution in [2.24, 2.45) is 0 Å². The van der Waals surface area contributed by atoms with Gasteiger partial charge in [0.15, 0.2) is 0 Å². The molecule has 0 bridgehead atoms. The number of benzene rings is 1. The minimum Gasteiger partial charge on any atom is -0.389 e. The number of piperazine rings is 1. The van der Waals surface area contributed by atoms with Gasteiger partial charge in [-0.25, -0.2) is 0 Å². The topological polar surface area (TPSA) is 26.7 Å². The number of rotatable bonds is 3. The van der Waals surface area contributed by atoms with Gasteiger partial charge in [0.1, 0.15) is 0 Å². The van der Waals surface area contributed by atoms with Crippen molar-refractivity contribution in [1.82, 2.24) is 4.90 Å². The second-order valence-corrected chi connectivity index (χ2v) is 6.23. The smallest absolute Gasteiger partial charge is 0.0761 e. The molecule has 1 aromatic carbocycles. The Morgan fingerprint density at radius 1 is 1.00 bits per heavy atom. The summed E-state index contributed by atoms with van der Waals surface area (Å²) in [6.07, 6.45) is 5.28. The normalized spacial score (nSPS) is 23.2. The summed E-state index contributed by atoms with van der Waals surface area (Å²) in [5.74, 6) is 0. The fourth-order valence-corrected chi connectivity index (χ4v) is 3.58. The van der Waals surface area contributed by atoms with Crippen molar-refractivity contribution in [2.45, 2.75) is 44.8 Å². The first-order chi connectivity index (χ1) is 9.74. The highest BCUT2D eigenvalue weighted by molar-refractivity contribution is 5.48. The maximum Gasteiger partial charge on any atom is 0.0761 e. The van der Waals surface area contributed by atoms with Crippen molar-refractivity contribution in [2.75, 3.05) is 31.1 Å². The number of hydrogen-bond acceptors (Lipinski definition) is 3. The molecule has 1 aliphatic carbocycles. The predicted molar refractivity (Wildman–Crippen MR) is 83.1 cm³/mol. The van der Waals surface area contributed by atoms with Crippen molar-refractivity contribution < 1.29 is 5.11 Å². The summed E-state index contributed by atoms with van der Waals surface area (Å²) < 4.78 is 0. The minimum atomic E-state index is -0.372. The highest BCUT2D eigenvalue weighted by Gasteiger charge is 2.26. The monoisotopic (exact) mass is 274 g/mol. The Kier molecular flexibility index (Phi) is 4.27. The quantitative estimate of drug-likeness (QED) is 0.918. The van der Waals surface area contributed by atoms with Gasteiger partial charge in [-0.05, 0) is 37.5 Å². The van der Waals surface area contributed by atoms with Gasteiger partial charge < -0.3 is 10.0 Å². The Balaban J connectivity index is 1.57. The van der Waals surface area contributed by atoms with Crippen molar-refractivity contribution in [3.05, 3.63) is 29.8 Å². The van der Waals surface area contributed by atoms with E-state index in [1.165, 1.54) is 44.5 Å². The number of aliphatic hydroxyl groups is 1. The zero-order valence-corrected chi connectivity index (χ0v) is 12.5. The Hall–Kier alpha value is -1.06. The van der Waals surface area contributed by atoms with E-state index in [0.717, 1.165) is 24.7 Å². The van der Waals surface area contributed by atoms with Gasteiger partial charge in [-0.3, -0.25) is 4.90 Å². The Bertz CT molecular complexity index is 415. The van der Waals surface area contributed by atoms with Gasteiger partial charge in [-0.15, -0.1) is 0 Å². The summed E-state index contributed by atoms with van der Waals surface area (Å²) in [6, 6.07) is 9.24. The summed E-state index contributed by atoms with van der Waals surface area (Å²) in [5.41, 5.74) is 2.29. The van der Waals surface area contributed by atoms with Gasteiger partial charge in [0.2, 0.25) is 0 Å². The number of anilines is 1. The zero-order chi connectivity index (χ0) is 13.9. The van der Waals surface area contributed by atoms with Crippen LogP contribution in [0.15, 0.2) is 24.3 Å². The summed E-state index contributed by atoms with van der Waals surface area (Å²) >= 11 is 0. The lowest BCUT2D eigenvalue weighted by Crippen LogP contribution is -2.49. The Morgan fingerprint density at radius 2 is 1.60 bits per heavy atom. The van der Waals surface area contributed by atoms with E-state index in [0.29, 0.717) is 0 Å². The molecule has 2 aliphatic rings. The molecule has 0 unspecified atom stereocenters. The average molecular weight is 274 g/mol. The van der Waals surface area contributed by atoms with Crippen LogP contribution in [0.3, 0.4) is 0 Å². The van der Waals surface area contributed by atoms with Gasteiger partial charge in [-0.1, -0.05) is 25.0 Å². The van der Waals surface area contributed by atoms with Crippen LogP contribution in [0.2, 0.25) is 0 Å². The molecule has 1 atom stereocenters. The van der Waals surface area contributed by atoms with Crippen LogP contribution in [-0.2, 0) is 0 Å². The molecule has 1 aliphatic heterocycles. The first kappa shape index (κ1) is 13.9. The maximum absolute atomic E-state index is 9.56. The van der Waals surface area contributed by atoms with E-state index < -0.39 is 0 Å². The van der Waals surface area contributed by atoms with Crippen molar-refractivity contribution in [3.8, 4) is 0 Å². The molecular weight excluding hydrogens is 248 g/mol. The lowest BCUT2D eigenvalue weighted by atomic mass is 10.1.